The summed E-state index contributed by atoms with van der Waals surface area (Å²) in [5, 5.41) is 3.73. The number of rotatable bonds is 4. The third-order valence-electron chi connectivity index (χ3n) is 4.16. The van der Waals surface area contributed by atoms with Crippen LogP contribution in [0.1, 0.15) is 30.5 Å². The van der Waals surface area contributed by atoms with Crippen molar-refractivity contribution in [3.8, 4) is 0 Å². The third kappa shape index (κ3) is 3.55. The van der Waals surface area contributed by atoms with Gasteiger partial charge in [0.25, 0.3) is 0 Å². The second kappa shape index (κ2) is 7.13. The first-order chi connectivity index (χ1) is 11.2. The van der Waals surface area contributed by atoms with Crippen molar-refractivity contribution in [1.82, 2.24) is 10.9 Å². The molecule has 2 unspecified atom stereocenters. The molecule has 2 atom stereocenters. The predicted octanol–water partition coefficient (Wildman–Crippen LogP) is 3.45. The molecule has 0 aliphatic carbocycles. The van der Waals surface area contributed by atoms with Crippen molar-refractivity contribution < 1.29 is 4.79 Å². The van der Waals surface area contributed by atoms with Crippen LogP contribution in [0, 0.1) is 0 Å². The molecule has 0 aromatic heterocycles. The molecule has 2 aromatic carbocycles. The second-order valence-corrected chi connectivity index (χ2v) is 6.06. The Morgan fingerprint density at radius 2 is 1.91 bits per heavy atom. The largest absolute Gasteiger partial charge is 0.324 e. The lowest BCUT2D eigenvalue weighted by atomic mass is 10.0. The maximum absolute atomic E-state index is 12.5. The minimum atomic E-state index is -0.291. The highest BCUT2D eigenvalue weighted by Gasteiger charge is 2.31. The number of hydrazine groups is 1. The van der Waals surface area contributed by atoms with Gasteiger partial charge in [-0.05, 0) is 36.1 Å². The normalized spacial score (nSPS) is 20.4. The van der Waals surface area contributed by atoms with E-state index in [1.165, 1.54) is 0 Å². The molecule has 1 aliphatic heterocycles. The summed E-state index contributed by atoms with van der Waals surface area (Å²) in [6.45, 7) is 2.08. The van der Waals surface area contributed by atoms with Gasteiger partial charge in [-0.3, -0.25) is 4.79 Å². The summed E-state index contributed by atoms with van der Waals surface area (Å²) < 4.78 is 0. The molecule has 0 spiro atoms. The van der Waals surface area contributed by atoms with Crippen molar-refractivity contribution in [2.45, 2.75) is 31.8 Å². The topological polar surface area (TPSA) is 53.2 Å². The SMILES string of the molecule is CCc1ccccc1NC(=O)C1CC(c2ccccc2Cl)NN1. The van der Waals surface area contributed by atoms with Crippen LogP contribution in [0.4, 0.5) is 5.69 Å². The number of nitrogens with one attached hydrogen (secondary N) is 3. The zero-order valence-electron chi connectivity index (χ0n) is 13.0. The van der Waals surface area contributed by atoms with Gasteiger partial charge in [0.15, 0.2) is 0 Å². The monoisotopic (exact) mass is 329 g/mol. The number of para-hydroxylation sites is 1. The summed E-state index contributed by atoms with van der Waals surface area (Å²) in [5.74, 6) is -0.0343. The average molecular weight is 330 g/mol. The van der Waals surface area contributed by atoms with Gasteiger partial charge >= 0.3 is 0 Å². The first kappa shape index (κ1) is 16.0. The summed E-state index contributed by atoms with van der Waals surface area (Å²) in [6, 6.07) is 15.3. The van der Waals surface area contributed by atoms with E-state index >= 15 is 0 Å². The van der Waals surface area contributed by atoms with Crippen molar-refractivity contribution in [2.75, 3.05) is 5.32 Å². The number of hydrogen-bond donors (Lipinski definition) is 3. The quantitative estimate of drug-likeness (QED) is 0.805. The highest BCUT2D eigenvalue weighted by molar-refractivity contribution is 6.31. The van der Waals surface area contributed by atoms with Gasteiger partial charge in [-0.25, -0.2) is 10.9 Å². The van der Waals surface area contributed by atoms with Crippen molar-refractivity contribution in [2.24, 2.45) is 0 Å². The Bertz CT molecular complexity index is 704. The summed E-state index contributed by atoms with van der Waals surface area (Å²) in [4.78, 5) is 12.5. The average Bonchev–Trinajstić information content (AvgIpc) is 3.05. The van der Waals surface area contributed by atoms with Crippen molar-refractivity contribution in [3.05, 3.63) is 64.7 Å². The molecule has 5 heteroatoms. The lowest BCUT2D eigenvalue weighted by molar-refractivity contribution is -0.117. The van der Waals surface area contributed by atoms with Crippen LogP contribution in [0.15, 0.2) is 48.5 Å². The maximum Gasteiger partial charge on any atom is 0.242 e. The number of anilines is 1. The molecule has 0 bridgehead atoms. The van der Waals surface area contributed by atoms with Crippen molar-refractivity contribution >= 4 is 23.2 Å². The lowest BCUT2D eigenvalue weighted by Crippen LogP contribution is -2.39. The van der Waals surface area contributed by atoms with E-state index in [4.69, 9.17) is 11.6 Å². The Balaban J connectivity index is 1.67. The Morgan fingerprint density at radius 3 is 2.70 bits per heavy atom. The Kier molecular flexibility index (Phi) is 4.96. The van der Waals surface area contributed by atoms with Gasteiger partial charge in [0, 0.05) is 16.8 Å². The fourth-order valence-corrected chi connectivity index (χ4v) is 3.13. The van der Waals surface area contributed by atoms with Crippen LogP contribution in [-0.4, -0.2) is 11.9 Å². The lowest BCUT2D eigenvalue weighted by Gasteiger charge is -2.13. The van der Waals surface area contributed by atoms with Crippen LogP contribution in [0.25, 0.3) is 0 Å². The van der Waals surface area contributed by atoms with E-state index in [0.717, 1.165) is 23.2 Å². The van der Waals surface area contributed by atoms with Crippen LogP contribution in [0.3, 0.4) is 0 Å². The molecular weight excluding hydrogens is 310 g/mol. The predicted molar refractivity (Wildman–Crippen MR) is 93.3 cm³/mol. The van der Waals surface area contributed by atoms with E-state index in [9.17, 15) is 4.79 Å². The fourth-order valence-electron chi connectivity index (χ4n) is 2.86. The van der Waals surface area contributed by atoms with Gasteiger partial charge in [0.1, 0.15) is 6.04 Å². The van der Waals surface area contributed by atoms with E-state index in [2.05, 4.69) is 23.1 Å². The molecule has 3 N–H and O–H groups in total. The molecule has 1 amide bonds. The van der Waals surface area contributed by atoms with Gasteiger partial charge in [0.2, 0.25) is 5.91 Å². The van der Waals surface area contributed by atoms with Gasteiger partial charge in [-0.1, -0.05) is 54.9 Å². The molecule has 1 fully saturated rings. The number of carbonyl (C=O) groups is 1. The highest BCUT2D eigenvalue weighted by Crippen LogP contribution is 2.28. The van der Waals surface area contributed by atoms with E-state index in [1.807, 2.05) is 48.5 Å². The summed E-state index contributed by atoms with van der Waals surface area (Å²) in [7, 11) is 0. The molecule has 3 rings (SSSR count). The maximum atomic E-state index is 12.5. The van der Waals surface area contributed by atoms with E-state index in [1.54, 1.807) is 0 Å². The van der Waals surface area contributed by atoms with E-state index in [0.29, 0.717) is 11.4 Å². The number of carbonyl (C=O) groups excluding carboxylic acids is 1. The Hall–Kier alpha value is -1.88. The highest BCUT2D eigenvalue weighted by atomic mass is 35.5. The smallest absolute Gasteiger partial charge is 0.242 e. The number of halogens is 1. The van der Waals surface area contributed by atoms with E-state index < -0.39 is 0 Å². The zero-order chi connectivity index (χ0) is 16.2. The van der Waals surface area contributed by atoms with Crippen LogP contribution < -0.4 is 16.2 Å². The Labute approximate surface area is 141 Å². The fraction of sp³-hybridized carbons (Fsp3) is 0.278. The summed E-state index contributed by atoms with van der Waals surface area (Å²) in [5.41, 5.74) is 9.25. The van der Waals surface area contributed by atoms with Crippen LogP contribution >= 0.6 is 11.6 Å². The van der Waals surface area contributed by atoms with Crippen molar-refractivity contribution in [3.63, 3.8) is 0 Å². The molecule has 1 aliphatic rings. The number of aryl methyl sites for hydroxylation is 1. The van der Waals surface area contributed by atoms with Crippen LogP contribution in [0.5, 0.6) is 0 Å². The molecule has 1 heterocycles. The third-order valence-corrected chi connectivity index (χ3v) is 4.50. The number of amides is 1. The van der Waals surface area contributed by atoms with Crippen molar-refractivity contribution in [1.29, 1.82) is 0 Å². The Morgan fingerprint density at radius 1 is 1.17 bits per heavy atom. The van der Waals surface area contributed by atoms with Gasteiger partial charge in [0.05, 0.1) is 0 Å². The number of benzene rings is 2. The zero-order valence-corrected chi connectivity index (χ0v) is 13.7. The van der Waals surface area contributed by atoms with Gasteiger partial charge in [-0.15, -0.1) is 0 Å². The minimum absolute atomic E-state index is 0.0286. The molecule has 23 heavy (non-hydrogen) atoms. The van der Waals surface area contributed by atoms with Crippen LogP contribution in [-0.2, 0) is 11.2 Å². The minimum Gasteiger partial charge on any atom is -0.324 e. The molecule has 2 aromatic rings. The molecule has 4 nitrogen and oxygen atoms in total. The summed E-state index contributed by atoms with van der Waals surface area (Å²) >= 11 is 6.23. The molecule has 120 valence electrons. The molecule has 0 radical (unpaired) electrons. The molecule has 1 saturated heterocycles. The molecule has 0 saturated carbocycles. The first-order valence-electron chi connectivity index (χ1n) is 7.83. The standard InChI is InChI=1S/C18H20ClN3O/c1-2-12-7-3-6-10-15(12)20-18(23)17-11-16(21-22-17)13-8-4-5-9-14(13)19/h3-10,16-17,21-22H,2,11H2,1H3,(H,20,23). The van der Waals surface area contributed by atoms with E-state index in [-0.39, 0.29) is 18.0 Å². The number of hydrogen-bond acceptors (Lipinski definition) is 3. The molecular formula is C18H20ClN3O. The second-order valence-electron chi connectivity index (χ2n) is 5.65. The van der Waals surface area contributed by atoms with Crippen LogP contribution in [0.2, 0.25) is 5.02 Å². The summed E-state index contributed by atoms with van der Waals surface area (Å²) in [6.07, 6.45) is 1.54. The van der Waals surface area contributed by atoms with Gasteiger partial charge < -0.3 is 5.32 Å². The van der Waals surface area contributed by atoms with Gasteiger partial charge in [-0.2, -0.15) is 0 Å². The first-order valence-corrected chi connectivity index (χ1v) is 8.21.